The third-order valence-corrected chi connectivity index (χ3v) is 4.35. The third kappa shape index (κ3) is 6.20. The first-order valence-corrected chi connectivity index (χ1v) is 9.21. The molecule has 2 rings (SSSR count). The van der Waals surface area contributed by atoms with Crippen LogP contribution in [0.25, 0.3) is 0 Å². The second kappa shape index (κ2) is 10.6. The van der Waals surface area contributed by atoms with Crippen LogP contribution in [0.2, 0.25) is 0 Å². The zero-order chi connectivity index (χ0) is 20.5. The first kappa shape index (κ1) is 21.6. The molecule has 0 saturated heterocycles. The maximum atomic E-state index is 13.8. The second-order valence-corrected chi connectivity index (χ2v) is 6.56. The lowest BCUT2D eigenvalue weighted by molar-refractivity contribution is 0.298. The van der Waals surface area contributed by atoms with Gasteiger partial charge >= 0.3 is 0 Å². The molecule has 0 aromatic heterocycles. The second-order valence-electron chi connectivity index (χ2n) is 6.56. The summed E-state index contributed by atoms with van der Waals surface area (Å²) in [5, 5.41) is 6.42. The Morgan fingerprint density at radius 2 is 1.82 bits per heavy atom. The smallest absolute Gasteiger partial charge is 0.191 e. The number of likely N-dealkylation sites (N-methyl/N-ethyl adjacent to an activating group) is 1. The minimum Gasteiger partial charge on any atom is -0.497 e. The number of guanidine groups is 1. The van der Waals surface area contributed by atoms with E-state index in [1.165, 1.54) is 6.07 Å². The summed E-state index contributed by atoms with van der Waals surface area (Å²) in [6.45, 7) is 3.25. The Morgan fingerprint density at radius 1 is 1.11 bits per heavy atom. The highest BCUT2D eigenvalue weighted by Crippen LogP contribution is 2.20. The van der Waals surface area contributed by atoms with E-state index in [4.69, 9.17) is 4.74 Å². The van der Waals surface area contributed by atoms with Gasteiger partial charge in [0.1, 0.15) is 17.4 Å². The minimum absolute atomic E-state index is 0.0497. The predicted molar refractivity (Wildman–Crippen MR) is 109 cm³/mol. The Balaban J connectivity index is 2.09. The molecular formula is C21H28F2N4O. The molecule has 1 unspecified atom stereocenters. The van der Waals surface area contributed by atoms with Crippen molar-refractivity contribution < 1.29 is 13.5 Å². The Bertz CT molecular complexity index is 778. The largest absolute Gasteiger partial charge is 0.497 e. The average molecular weight is 390 g/mol. The summed E-state index contributed by atoms with van der Waals surface area (Å²) in [7, 11) is 5.64. The van der Waals surface area contributed by atoms with Gasteiger partial charge in [0.15, 0.2) is 5.96 Å². The molecule has 1 atom stereocenters. The summed E-state index contributed by atoms with van der Waals surface area (Å²) in [5.74, 6) is 0.412. The van der Waals surface area contributed by atoms with Gasteiger partial charge in [0.25, 0.3) is 0 Å². The number of hydrogen-bond donors (Lipinski definition) is 2. The molecular weight excluding hydrogens is 362 g/mol. The molecule has 7 heteroatoms. The summed E-state index contributed by atoms with van der Waals surface area (Å²) >= 11 is 0. The highest BCUT2D eigenvalue weighted by atomic mass is 19.1. The average Bonchev–Trinajstić information content (AvgIpc) is 2.68. The quantitative estimate of drug-likeness (QED) is 0.536. The van der Waals surface area contributed by atoms with Crippen molar-refractivity contribution in [3.8, 4) is 5.75 Å². The predicted octanol–water partition coefficient (Wildman–Crippen LogP) is 3.33. The van der Waals surface area contributed by atoms with Crippen LogP contribution in [-0.2, 0) is 6.54 Å². The summed E-state index contributed by atoms with van der Waals surface area (Å²) in [6, 6.07) is 11.4. The van der Waals surface area contributed by atoms with E-state index in [0.717, 1.165) is 23.4 Å². The molecule has 152 valence electrons. The van der Waals surface area contributed by atoms with Crippen molar-refractivity contribution in [2.75, 3.05) is 34.3 Å². The molecule has 0 amide bonds. The first-order chi connectivity index (χ1) is 13.4. The number of hydrogen-bond acceptors (Lipinski definition) is 3. The van der Waals surface area contributed by atoms with Crippen molar-refractivity contribution >= 4 is 5.96 Å². The monoisotopic (exact) mass is 390 g/mol. The Hall–Kier alpha value is -2.67. The lowest BCUT2D eigenvalue weighted by atomic mass is 10.1. The number of methoxy groups -OCH3 is 1. The number of benzene rings is 2. The van der Waals surface area contributed by atoms with Gasteiger partial charge in [-0.15, -0.1) is 0 Å². The van der Waals surface area contributed by atoms with Crippen molar-refractivity contribution in [3.05, 3.63) is 65.2 Å². The van der Waals surface area contributed by atoms with Gasteiger partial charge in [-0.3, -0.25) is 0 Å². The van der Waals surface area contributed by atoms with Gasteiger partial charge < -0.3 is 20.3 Å². The highest BCUT2D eigenvalue weighted by molar-refractivity contribution is 5.79. The van der Waals surface area contributed by atoms with Crippen molar-refractivity contribution in [1.82, 2.24) is 15.5 Å². The Kier molecular flexibility index (Phi) is 8.19. The standard InChI is InChI=1S/C21H28F2N4O/c1-5-24-21(25-13-16-12-17(22)8-11-19(16)23)26-14-20(27(2)3)15-6-9-18(28-4)10-7-15/h6-12,20H,5,13-14H2,1-4H3,(H2,24,25,26). The van der Waals surface area contributed by atoms with Crippen LogP contribution in [-0.4, -0.2) is 45.2 Å². The van der Waals surface area contributed by atoms with Crippen LogP contribution in [0.5, 0.6) is 5.75 Å². The van der Waals surface area contributed by atoms with Crippen molar-refractivity contribution in [2.45, 2.75) is 19.5 Å². The number of rotatable bonds is 8. The van der Waals surface area contributed by atoms with Crippen LogP contribution in [0.1, 0.15) is 24.1 Å². The fourth-order valence-electron chi connectivity index (χ4n) is 2.79. The van der Waals surface area contributed by atoms with Crippen LogP contribution < -0.4 is 15.4 Å². The maximum absolute atomic E-state index is 13.8. The van der Waals surface area contributed by atoms with Crippen LogP contribution in [0.3, 0.4) is 0 Å². The van der Waals surface area contributed by atoms with Crippen molar-refractivity contribution in [3.63, 3.8) is 0 Å². The van der Waals surface area contributed by atoms with E-state index in [1.54, 1.807) is 7.11 Å². The van der Waals surface area contributed by atoms with Crippen LogP contribution in [0.15, 0.2) is 47.5 Å². The van der Waals surface area contributed by atoms with E-state index in [-0.39, 0.29) is 18.2 Å². The van der Waals surface area contributed by atoms with Gasteiger partial charge in [0, 0.05) is 18.7 Å². The van der Waals surface area contributed by atoms with E-state index in [0.29, 0.717) is 19.0 Å². The SMILES string of the molecule is CCNC(=NCc1cc(F)ccc1F)NCC(c1ccc(OC)cc1)N(C)C. The summed E-state index contributed by atoms with van der Waals surface area (Å²) < 4.78 is 32.4. The number of aliphatic imine (C=N–C) groups is 1. The number of ether oxygens (including phenoxy) is 1. The highest BCUT2D eigenvalue weighted by Gasteiger charge is 2.15. The number of halogens is 2. The molecule has 0 spiro atoms. The Labute approximate surface area is 165 Å². The summed E-state index contributed by atoms with van der Waals surface area (Å²) in [6.07, 6.45) is 0. The maximum Gasteiger partial charge on any atom is 0.191 e. The summed E-state index contributed by atoms with van der Waals surface area (Å²) in [4.78, 5) is 6.49. The molecule has 0 radical (unpaired) electrons. The Morgan fingerprint density at radius 3 is 2.43 bits per heavy atom. The van der Waals surface area contributed by atoms with Gasteiger partial charge in [0.05, 0.1) is 19.7 Å². The fourth-order valence-corrected chi connectivity index (χ4v) is 2.79. The molecule has 0 bridgehead atoms. The molecule has 0 aliphatic heterocycles. The van der Waals surface area contributed by atoms with Crippen LogP contribution in [0.4, 0.5) is 8.78 Å². The molecule has 0 heterocycles. The number of nitrogens with zero attached hydrogens (tertiary/aromatic N) is 2. The van der Waals surface area contributed by atoms with Crippen molar-refractivity contribution in [2.24, 2.45) is 4.99 Å². The lowest BCUT2D eigenvalue weighted by Gasteiger charge is -2.26. The van der Waals surface area contributed by atoms with Gasteiger partial charge in [-0.2, -0.15) is 0 Å². The molecule has 28 heavy (non-hydrogen) atoms. The van der Waals surface area contributed by atoms with E-state index in [1.807, 2.05) is 45.3 Å². The molecule has 5 nitrogen and oxygen atoms in total. The van der Waals surface area contributed by atoms with Gasteiger partial charge in [-0.05, 0) is 56.9 Å². The van der Waals surface area contributed by atoms with Crippen LogP contribution >= 0.6 is 0 Å². The molecule has 2 aromatic rings. The third-order valence-electron chi connectivity index (χ3n) is 4.35. The molecule has 0 aliphatic carbocycles. The van der Waals surface area contributed by atoms with E-state index < -0.39 is 11.6 Å². The van der Waals surface area contributed by atoms with E-state index >= 15 is 0 Å². The lowest BCUT2D eigenvalue weighted by Crippen LogP contribution is -2.41. The van der Waals surface area contributed by atoms with E-state index in [9.17, 15) is 8.78 Å². The molecule has 0 aliphatic rings. The molecule has 0 saturated carbocycles. The van der Waals surface area contributed by atoms with E-state index in [2.05, 4.69) is 20.5 Å². The number of nitrogens with one attached hydrogen (secondary N) is 2. The summed E-state index contributed by atoms with van der Waals surface area (Å²) in [5.41, 5.74) is 1.35. The zero-order valence-electron chi connectivity index (χ0n) is 16.8. The molecule has 2 N–H and O–H groups in total. The van der Waals surface area contributed by atoms with Gasteiger partial charge in [-0.1, -0.05) is 12.1 Å². The van der Waals surface area contributed by atoms with Gasteiger partial charge in [-0.25, -0.2) is 13.8 Å². The molecule has 0 fully saturated rings. The zero-order valence-corrected chi connectivity index (χ0v) is 16.8. The van der Waals surface area contributed by atoms with Gasteiger partial charge in [0.2, 0.25) is 0 Å². The fraction of sp³-hybridized carbons (Fsp3) is 0.381. The minimum atomic E-state index is -0.475. The topological polar surface area (TPSA) is 48.9 Å². The van der Waals surface area contributed by atoms with Crippen molar-refractivity contribution in [1.29, 1.82) is 0 Å². The molecule has 2 aromatic carbocycles. The van der Waals surface area contributed by atoms with Crippen LogP contribution in [0, 0.1) is 11.6 Å². The first-order valence-electron chi connectivity index (χ1n) is 9.21. The normalized spacial score (nSPS) is 12.8.